The number of methoxy groups -OCH3 is 1. The van der Waals surface area contributed by atoms with Gasteiger partial charge in [0.05, 0.1) is 5.60 Å². The number of rotatable bonds is 5. The summed E-state index contributed by atoms with van der Waals surface area (Å²) in [6.45, 7) is 1.15. The Morgan fingerprint density at radius 1 is 1.42 bits per heavy atom. The Morgan fingerprint density at radius 3 is 2.58 bits per heavy atom. The zero-order valence-electron chi connectivity index (χ0n) is 7.94. The Bertz CT molecular complexity index is 144. The summed E-state index contributed by atoms with van der Waals surface area (Å²) >= 11 is 0. The van der Waals surface area contributed by atoms with Crippen molar-refractivity contribution in [3.05, 3.63) is 0 Å². The summed E-state index contributed by atoms with van der Waals surface area (Å²) in [6, 6.07) is 0.846. The zero-order valence-corrected chi connectivity index (χ0v) is 7.94. The lowest BCUT2D eigenvalue weighted by molar-refractivity contribution is -0.0768. The molecule has 0 amide bonds. The largest absolute Gasteiger partial charge is 0.378 e. The van der Waals surface area contributed by atoms with Crippen LogP contribution >= 0.6 is 0 Å². The third-order valence-corrected chi connectivity index (χ3v) is 3.29. The molecule has 0 radical (unpaired) electrons. The summed E-state index contributed by atoms with van der Waals surface area (Å²) in [5, 5.41) is 3.53. The standard InChI is InChI=1S/C10H19NO/c1-12-10(5-2-6-10)7-8-11-9-3-4-9/h9,11H,2-8H2,1H3. The molecule has 0 aromatic heterocycles. The number of ether oxygens (including phenoxy) is 1. The maximum Gasteiger partial charge on any atom is 0.0690 e. The van der Waals surface area contributed by atoms with Gasteiger partial charge in [0.1, 0.15) is 0 Å². The second-order valence-corrected chi connectivity index (χ2v) is 4.22. The van der Waals surface area contributed by atoms with Gasteiger partial charge in [0.25, 0.3) is 0 Å². The van der Waals surface area contributed by atoms with Crippen LogP contribution in [0, 0.1) is 0 Å². The molecule has 70 valence electrons. The normalized spacial score (nSPS) is 26.8. The number of nitrogens with one attached hydrogen (secondary N) is 1. The maximum absolute atomic E-state index is 5.54. The predicted molar refractivity (Wildman–Crippen MR) is 49.2 cm³/mol. The Hall–Kier alpha value is -0.0800. The lowest BCUT2D eigenvalue weighted by Crippen LogP contribution is -2.41. The Morgan fingerprint density at radius 2 is 2.17 bits per heavy atom. The molecular weight excluding hydrogens is 150 g/mol. The molecule has 12 heavy (non-hydrogen) atoms. The van der Waals surface area contributed by atoms with Crippen LogP contribution in [0.3, 0.4) is 0 Å². The van der Waals surface area contributed by atoms with Crippen molar-refractivity contribution in [1.29, 1.82) is 0 Å². The second-order valence-electron chi connectivity index (χ2n) is 4.22. The topological polar surface area (TPSA) is 21.3 Å². The van der Waals surface area contributed by atoms with Crippen LogP contribution in [0.15, 0.2) is 0 Å². The highest BCUT2D eigenvalue weighted by molar-refractivity contribution is 4.91. The minimum Gasteiger partial charge on any atom is -0.378 e. The van der Waals surface area contributed by atoms with Gasteiger partial charge < -0.3 is 10.1 Å². The molecule has 2 fully saturated rings. The Kier molecular flexibility index (Phi) is 2.37. The quantitative estimate of drug-likeness (QED) is 0.676. The molecule has 0 unspecified atom stereocenters. The van der Waals surface area contributed by atoms with Crippen molar-refractivity contribution in [3.63, 3.8) is 0 Å². The van der Waals surface area contributed by atoms with Crippen LogP contribution in [0.25, 0.3) is 0 Å². The molecule has 0 spiro atoms. The third kappa shape index (κ3) is 1.80. The van der Waals surface area contributed by atoms with Crippen molar-refractivity contribution < 1.29 is 4.74 Å². The minimum absolute atomic E-state index is 0.266. The van der Waals surface area contributed by atoms with Crippen molar-refractivity contribution in [2.75, 3.05) is 13.7 Å². The second kappa shape index (κ2) is 3.35. The summed E-state index contributed by atoms with van der Waals surface area (Å²) in [5.74, 6) is 0. The predicted octanol–water partition coefficient (Wildman–Crippen LogP) is 1.70. The highest BCUT2D eigenvalue weighted by atomic mass is 16.5. The molecule has 0 aromatic rings. The van der Waals surface area contributed by atoms with Crippen molar-refractivity contribution in [3.8, 4) is 0 Å². The first kappa shape index (κ1) is 8.52. The number of hydrogen-bond acceptors (Lipinski definition) is 2. The molecule has 2 rings (SSSR count). The molecule has 2 aliphatic rings. The minimum atomic E-state index is 0.266. The van der Waals surface area contributed by atoms with Crippen molar-refractivity contribution in [2.24, 2.45) is 0 Å². The molecule has 2 aliphatic carbocycles. The van der Waals surface area contributed by atoms with E-state index in [1.165, 1.54) is 38.5 Å². The zero-order chi connectivity index (χ0) is 8.44. The third-order valence-electron chi connectivity index (χ3n) is 3.29. The first-order chi connectivity index (χ1) is 5.85. The van der Waals surface area contributed by atoms with Crippen molar-refractivity contribution in [2.45, 2.75) is 50.2 Å². The van der Waals surface area contributed by atoms with E-state index in [2.05, 4.69) is 5.32 Å². The van der Waals surface area contributed by atoms with Gasteiger partial charge in [-0.05, 0) is 45.1 Å². The molecule has 1 N–H and O–H groups in total. The van der Waals surface area contributed by atoms with E-state index >= 15 is 0 Å². The summed E-state index contributed by atoms with van der Waals surface area (Å²) in [4.78, 5) is 0. The molecule has 0 bridgehead atoms. The van der Waals surface area contributed by atoms with Crippen molar-refractivity contribution >= 4 is 0 Å². The molecule has 0 aromatic carbocycles. The van der Waals surface area contributed by atoms with Gasteiger partial charge in [0, 0.05) is 13.2 Å². The number of hydrogen-bond donors (Lipinski definition) is 1. The van der Waals surface area contributed by atoms with E-state index < -0.39 is 0 Å². The van der Waals surface area contributed by atoms with Gasteiger partial charge in [-0.1, -0.05) is 0 Å². The molecule has 0 atom stereocenters. The van der Waals surface area contributed by atoms with Crippen LogP contribution in [0.2, 0.25) is 0 Å². The van der Waals surface area contributed by atoms with Crippen LogP contribution in [-0.2, 0) is 4.74 Å². The first-order valence-corrected chi connectivity index (χ1v) is 5.13. The van der Waals surface area contributed by atoms with E-state index in [1.807, 2.05) is 7.11 Å². The van der Waals surface area contributed by atoms with Gasteiger partial charge in [-0.3, -0.25) is 0 Å². The fourth-order valence-corrected chi connectivity index (χ4v) is 1.92. The van der Waals surface area contributed by atoms with Crippen LogP contribution < -0.4 is 5.32 Å². The lowest BCUT2D eigenvalue weighted by atomic mass is 9.77. The lowest BCUT2D eigenvalue weighted by Gasteiger charge is -2.40. The highest BCUT2D eigenvalue weighted by Gasteiger charge is 2.36. The van der Waals surface area contributed by atoms with Gasteiger partial charge in [-0.25, -0.2) is 0 Å². The van der Waals surface area contributed by atoms with Crippen LogP contribution in [0.5, 0.6) is 0 Å². The Labute approximate surface area is 74.7 Å². The van der Waals surface area contributed by atoms with Crippen LogP contribution in [-0.4, -0.2) is 25.3 Å². The average Bonchev–Trinajstić information content (AvgIpc) is 2.78. The highest BCUT2D eigenvalue weighted by Crippen LogP contribution is 2.37. The van der Waals surface area contributed by atoms with Gasteiger partial charge >= 0.3 is 0 Å². The first-order valence-electron chi connectivity index (χ1n) is 5.13. The summed E-state index contributed by atoms with van der Waals surface area (Å²) in [7, 11) is 1.86. The van der Waals surface area contributed by atoms with Gasteiger partial charge in [0.15, 0.2) is 0 Å². The maximum atomic E-state index is 5.54. The van der Waals surface area contributed by atoms with E-state index in [9.17, 15) is 0 Å². The van der Waals surface area contributed by atoms with Gasteiger partial charge in [-0.15, -0.1) is 0 Å². The van der Waals surface area contributed by atoms with Gasteiger partial charge in [0.2, 0.25) is 0 Å². The van der Waals surface area contributed by atoms with E-state index in [0.29, 0.717) is 0 Å². The smallest absolute Gasteiger partial charge is 0.0690 e. The van der Waals surface area contributed by atoms with E-state index in [4.69, 9.17) is 4.74 Å². The molecule has 0 saturated heterocycles. The van der Waals surface area contributed by atoms with Crippen LogP contribution in [0.4, 0.5) is 0 Å². The summed E-state index contributed by atoms with van der Waals surface area (Å²) in [6.07, 6.45) is 7.89. The SMILES string of the molecule is COC1(CCNC2CC2)CCC1. The van der Waals surface area contributed by atoms with E-state index in [-0.39, 0.29) is 5.60 Å². The summed E-state index contributed by atoms with van der Waals surface area (Å²) < 4.78 is 5.54. The fraction of sp³-hybridized carbons (Fsp3) is 1.00. The molecular formula is C10H19NO. The average molecular weight is 169 g/mol. The van der Waals surface area contributed by atoms with Crippen molar-refractivity contribution in [1.82, 2.24) is 5.32 Å². The van der Waals surface area contributed by atoms with Gasteiger partial charge in [-0.2, -0.15) is 0 Å². The molecule has 2 nitrogen and oxygen atoms in total. The fourth-order valence-electron chi connectivity index (χ4n) is 1.92. The molecule has 0 aliphatic heterocycles. The molecule has 0 heterocycles. The molecule has 2 saturated carbocycles. The van der Waals surface area contributed by atoms with E-state index in [1.54, 1.807) is 0 Å². The monoisotopic (exact) mass is 169 g/mol. The summed E-state index contributed by atoms with van der Waals surface area (Å²) in [5.41, 5.74) is 0.266. The van der Waals surface area contributed by atoms with Crippen LogP contribution in [0.1, 0.15) is 38.5 Å². The Balaban J connectivity index is 1.62. The molecule has 2 heteroatoms. The van der Waals surface area contributed by atoms with E-state index in [0.717, 1.165) is 12.6 Å².